The molecule has 1 aliphatic heterocycles. The topological polar surface area (TPSA) is 98.1 Å². The zero-order valence-electron chi connectivity index (χ0n) is 15.4. The van der Waals surface area contributed by atoms with Gasteiger partial charge in [-0.3, -0.25) is 14.6 Å². The predicted octanol–water partition coefficient (Wildman–Crippen LogP) is 0.819. The second-order valence-electron chi connectivity index (χ2n) is 7.07. The number of rotatable bonds is 7. The molecule has 27 heavy (non-hydrogen) atoms. The number of hydrogen-bond acceptors (Lipinski definition) is 4. The van der Waals surface area contributed by atoms with Crippen molar-refractivity contribution >= 4 is 5.91 Å². The fourth-order valence-corrected chi connectivity index (χ4v) is 3.55. The number of aryl methyl sites for hydroxylation is 1. The summed E-state index contributed by atoms with van der Waals surface area (Å²) < 4.78 is 0. The van der Waals surface area contributed by atoms with Crippen molar-refractivity contribution in [1.29, 1.82) is 0 Å². The van der Waals surface area contributed by atoms with Crippen LogP contribution in [0.1, 0.15) is 30.4 Å². The van der Waals surface area contributed by atoms with Crippen LogP contribution < -0.4 is 16.6 Å². The summed E-state index contributed by atoms with van der Waals surface area (Å²) in [5.74, 6) is -0.191. The van der Waals surface area contributed by atoms with Gasteiger partial charge in [-0.15, -0.1) is 0 Å². The average Bonchev–Trinajstić information content (AvgIpc) is 2.65. The number of carbonyl (C=O) groups is 1. The zero-order chi connectivity index (χ0) is 19.1. The summed E-state index contributed by atoms with van der Waals surface area (Å²) in [5.41, 5.74) is 0.538. The fourth-order valence-electron chi connectivity index (χ4n) is 3.55. The Hall–Kier alpha value is -2.67. The van der Waals surface area contributed by atoms with E-state index in [1.54, 1.807) is 0 Å². The summed E-state index contributed by atoms with van der Waals surface area (Å²) in [4.78, 5) is 41.9. The smallest absolute Gasteiger partial charge is 0.325 e. The molecule has 0 bridgehead atoms. The molecule has 1 aliphatic rings. The normalized spacial score (nSPS) is 17.6. The van der Waals surface area contributed by atoms with Gasteiger partial charge in [-0.25, -0.2) is 4.79 Å². The molecule has 144 valence electrons. The Balaban J connectivity index is 1.44. The highest BCUT2D eigenvalue weighted by Gasteiger charge is 2.21. The molecule has 1 aromatic heterocycles. The molecule has 0 saturated carbocycles. The van der Waals surface area contributed by atoms with E-state index in [4.69, 9.17) is 0 Å². The first-order chi connectivity index (χ1) is 13.1. The molecular formula is C20H26N4O3. The third-order valence-electron chi connectivity index (χ3n) is 4.90. The zero-order valence-corrected chi connectivity index (χ0v) is 15.4. The van der Waals surface area contributed by atoms with E-state index in [9.17, 15) is 14.4 Å². The number of piperidine rings is 1. The van der Waals surface area contributed by atoms with E-state index in [0.717, 1.165) is 45.3 Å². The number of hydrogen-bond donors (Lipinski definition) is 3. The highest BCUT2D eigenvalue weighted by molar-refractivity contribution is 5.78. The number of benzene rings is 1. The first kappa shape index (κ1) is 19.1. The van der Waals surface area contributed by atoms with Crippen LogP contribution in [-0.2, 0) is 17.6 Å². The first-order valence-corrected chi connectivity index (χ1v) is 9.46. The number of carbonyl (C=O) groups excluding carboxylic acids is 1. The minimum absolute atomic E-state index is 0.0311. The number of amides is 1. The summed E-state index contributed by atoms with van der Waals surface area (Å²) in [7, 11) is 0. The minimum Gasteiger partial charge on any atom is -0.352 e. The van der Waals surface area contributed by atoms with Gasteiger partial charge in [0.25, 0.3) is 5.56 Å². The maximum absolute atomic E-state index is 12.2. The van der Waals surface area contributed by atoms with E-state index >= 15 is 0 Å². The van der Waals surface area contributed by atoms with Gasteiger partial charge in [-0.05, 0) is 44.3 Å². The summed E-state index contributed by atoms with van der Waals surface area (Å²) in [6, 6.07) is 10.6. The lowest BCUT2D eigenvalue weighted by atomic mass is 10.0. The minimum atomic E-state index is -0.567. The molecule has 7 nitrogen and oxygen atoms in total. The molecule has 1 fully saturated rings. The number of nitrogens with one attached hydrogen (secondary N) is 3. The van der Waals surface area contributed by atoms with Crippen LogP contribution in [0.2, 0.25) is 0 Å². The van der Waals surface area contributed by atoms with Gasteiger partial charge in [-0.2, -0.15) is 0 Å². The number of H-pyrrole nitrogens is 2. The molecule has 2 aromatic rings. The van der Waals surface area contributed by atoms with Crippen molar-refractivity contribution in [3.8, 4) is 0 Å². The van der Waals surface area contributed by atoms with Crippen LogP contribution in [-0.4, -0.2) is 46.5 Å². The second-order valence-corrected chi connectivity index (χ2v) is 7.07. The Labute approximate surface area is 157 Å². The standard InChI is InChI=1S/C20H26N4O3/c25-18(12-16-13-21-20(27)23-19(16)26)22-17-9-5-11-24(14-17)10-4-8-15-6-2-1-3-7-15/h1-3,6-7,13,17H,4-5,8-12,14H2,(H,22,25)(H2,21,23,26,27)/t17-/m1/s1. The third kappa shape index (κ3) is 5.92. The largest absolute Gasteiger partial charge is 0.352 e. The molecule has 1 saturated heterocycles. The molecule has 7 heteroatoms. The monoisotopic (exact) mass is 370 g/mol. The van der Waals surface area contributed by atoms with Gasteiger partial charge in [0.2, 0.25) is 5.91 Å². The Kier molecular flexibility index (Phi) is 6.59. The lowest BCUT2D eigenvalue weighted by molar-refractivity contribution is -0.121. The maximum atomic E-state index is 12.2. The summed E-state index contributed by atoms with van der Waals surface area (Å²) in [6.45, 7) is 2.91. The van der Waals surface area contributed by atoms with Crippen LogP contribution in [0, 0.1) is 0 Å². The number of aromatic nitrogens is 2. The van der Waals surface area contributed by atoms with Crippen LogP contribution in [0.3, 0.4) is 0 Å². The van der Waals surface area contributed by atoms with Crippen molar-refractivity contribution in [2.75, 3.05) is 19.6 Å². The third-order valence-corrected chi connectivity index (χ3v) is 4.90. The van der Waals surface area contributed by atoms with Gasteiger partial charge < -0.3 is 15.2 Å². The van der Waals surface area contributed by atoms with Crippen molar-refractivity contribution in [1.82, 2.24) is 20.2 Å². The second kappa shape index (κ2) is 9.32. The molecule has 3 N–H and O–H groups in total. The summed E-state index contributed by atoms with van der Waals surface area (Å²) >= 11 is 0. The maximum Gasteiger partial charge on any atom is 0.325 e. The van der Waals surface area contributed by atoms with E-state index < -0.39 is 11.2 Å². The SMILES string of the molecule is O=C(Cc1c[nH]c(=O)[nH]c1=O)N[C@@H]1CCCN(CCCc2ccccc2)C1. The van der Waals surface area contributed by atoms with Crippen LogP contribution in [0.4, 0.5) is 0 Å². The first-order valence-electron chi connectivity index (χ1n) is 9.46. The molecular weight excluding hydrogens is 344 g/mol. The lowest BCUT2D eigenvalue weighted by Crippen LogP contribution is -2.48. The van der Waals surface area contributed by atoms with Gasteiger partial charge >= 0.3 is 5.69 Å². The molecule has 1 amide bonds. The number of likely N-dealkylation sites (tertiary alicyclic amines) is 1. The van der Waals surface area contributed by atoms with Gasteiger partial charge in [0.05, 0.1) is 6.42 Å². The van der Waals surface area contributed by atoms with Crippen molar-refractivity contribution in [2.45, 2.75) is 38.1 Å². The van der Waals surface area contributed by atoms with Gasteiger partial charge in [0.1, 0.15) is 0 Å². The van der Waals surface area contributed by atoms with Crippen molar-refractivity contribution in [3.63, 3.8) is 0 Å². The number of aromatic amines is 2. The number of nitrogens with zero attached hydrogens (tertiary/aromatic N) is 1. The lowest BCUT2D eigenvalue weighted by Gasteiger charge is -2.33. The predicted molar refractivity (Wildman–Crippen MR) is 104 cm³/mol. The molecule has 2 heterocycles. The molecule has 0 aliphatic carbocycles. The van der Waals surface area contributed by atoms with E-state index in [1.165, 1.54) is 11.8 Å². The van der Waals surface area contributed by atoms with Crippen LogP contribution in [0.25, 0.3) is 0 Å². The van der Waals surface area contributed by atoms with E-state index in [1.807, 2.05) is 6.07 Å². The van der Waals surface area contributed by atoms with Gasteiger partial charge in [0.15, 0.2) is 0 Å². The van der Waals surface area contributed by atoms with Gasteiger partial charge in [-0.1, -0.05) is 30.3 Å². The summed E-state index contributed by atoms with van der Waals surface area (Å²) in [6.07, 6.45) is 5.42. The molecule has 3 rings (SSSR count). The molecule has 0 radical (unpaired) electrons. The average molecular weight is 370 g/mol. The quantitative estimate of drug-likeness (QED) is 0.672. The van der Waals surface area contributed by atoms with Crippen LogP contribution in [0.5, 0.6) is 0 Å². The van der Waals surface area contributed by atoms with E-state index in [2.05, 4.69) is 44.5 Å². The fraction of sp³-hybridized carbons (Fsp3) is 0.450. The Morgan fingerprint density at radius 3 is 2.81 bits per heavy atom. The summed E-state index contributed by atoms with van der Waals surface area (Å²) in [5, 5.41) is 3.02. The van der Waals surface area contributed by atoms with E-state index in [0.29, 0.717) is 0 Å². The Morgan fingerprint density at radius 1 is 1.22 bits per heavy atom. The highest BCUT2D eigenvalue weighted by atomic mass is 16.2. The van der Waals surface area contributed by atoms with Crippen LogP contribution in [0.15, 0.2) is 46.1 Å². The van der Waals surface area contributed by atoms with Crippen molar-refractivity contribution < 1.29 is 4.79 Å². The molecule has 1 aromatic carbocycles. The van der Waals surface area contributed by atoms with Crippen LogP contribution >= 0.6 is 0 Å². The Morgan fingerprint density at radius 2 is 2.04 bits per heavy atom. The van der Waals surface area contributed by atoms with Gasteiger partial charge in [0, 0.05) is 24.3 Å². The van der Waals surface area contributed by atoms with Crippen molar-refractivity contribution in [3.05, 3.63) is 68.5 Å². The highest BCUT2D eigenvalue weighted by Crippen LogP contribution is 2.12. The molecule has 0 spiro atoms. The van der Waals surface area contributed by atoms with Crippen molar-refractivity contribution in [2.24, 2.45) is 0 Å². The molecule has 0 unspecified atom stereocenters. The van der Waals surface area contributed by atoms with E-state index in [-0.39, 0.29) is 23.9 Å². The molecule has 1 atom stereocenters. The Bertz CT molecular complexity index is 859.